The molecule has 0 spiro atoms. The Morgan fingerprint density at radius 3 is 2.64 bits per heavy atom. The smallest absolute Gasteiger partial charge is 0.337 e. The van der Waals surface area contributed by atoms with Gasteiger partial charge in [-0.2, -0.15) is 0 Å². The van der Waals surface area contributed by atoms with Crippen LogP contribution in [0.5, 0.6) is 11.5 Å². The van der Waals surface area contributed by atoms with Crippen molar-refractivity contribution in [3.8, 4) is 11.5 Å². The maximum Gasteiger partial charge on any atom is 0.337 e. The minimum absolute atomic E-state index is 0.0579. The summed E-state index contributed by atoms with van der Waals surface area (Å²) in [5.74, 6) is -0.0162. The molecule has 1 aliphatic heterocycles. The van der Waals surface area contributed by atoms with Crippen molar-refractivity contribution in [3.05, 3.63) is 47.0 Å². The summed E-state index contributed by atoms with van der Waals surface area (Å²) in [5.41, 5.74) is 0.494. The first-order chi connectivity index (χ1) is 13.4. The Labute approximate surface area is 168 Å². The fourth-order valence-electron chi connectivity index (χ4n) is 2.96. The number of sulfonamides is 1. The van der Waals surface area contributed by atoms with Gasteiger partial charge < -0.3 is 14.2 Å². The van der Waals surface area contributed by atoms with E-state index in [2.05, 4.69) is 0 Å². The van der Waals surface area contributed by atoms with Crippen LogP contribution in [0.15, 0.2) is 41.3 Å². The second-order valence-electron chi connectivity index (χ2n) is 6.10. The minimum atomic E-state index is -4.04. The van der Waals surface area contributed by atoms with Gasteiger partial charge in [-0.3, -0.25) is 4.31 Å². The zero-order valence-corrected chi connectivity index (χ0v) is 17.0. The fourth-order valence-corrected chi connectivity index (χ4v) is 4.89. The highest BCUT2D eigenvalue weighted by atomic mass is 35.5. The summed E-state index contributed by atoms with van der Waals surface area (Å²) in [6, 6.07) is 8.97. The lowest BCUT2D eigenvalue weighted by atomic mass is 10.1. The molecule has 150 valence electrons. The van der Waals surface area contributed by atoms with Crippen molar-refractivity contribution in [3.63, 3.8) is 0 Å². The number of methoxy groups -OCH3 is 2. The van der Waals surface area contributed by atoms with Crippen LogP contribution >= 0.6 is 11.6 Å². The number of nitrogens with zero attached hydrogens (tertiary/aromatic N) is 1. The number of esters is 1. The number of ether oxygens (including phenoxy) is 3. The summed E-state index contributed by atoms with van der Waals surface area (Å²) in [4.78, 5) is 11.9. The second-order valence-corrected chi connectivity index (χ2v) is 8.37. The van der Waals surface area contributed by atoms with Crippen molar-refractivity contribution in [2.24, 2.45) is 0 Å². The largest absolute Gasteiger partial charge is 0.495 e. The van der Waals surface area contributed by atoms with E-state index in [9.17, 15) is 13.2 Å². The van der Waals surface area contributed by atoms with Gasteiger partial charge in [0, 0.05) is 11.6 Å². The molecule has 0 saturated carbocycles. The van der Waals surface area contributed by atoms with Gasteiger partial charge in [0.1, 0.15) is 16.4 Å². The Hall–Kier alpha value is -2.45. The lowest BCUT2D eigenvalue weighted by Crippen LogP contribution is -2.34. The maximum absolute atomic E-state index is 13.5. The monoisotopic (exact) mass is 425 g/mol. The van der Waals surface area contributed by atoms with E-state index in [0.717, 1.165) is 0 Å². The zero-order chi connectivity index (χ0) is 20.3. The zero-order valence-electron chi connectivity index (χ0n) is 15.5. The van der Waals surface area contributed by atoms with E-state index in [1.165, 1.54) is 42.8 Å². The third-order valence-corrected chi connectivity index (χ3v) is 6.43. The molecule has 0 N–H and O–H groups in total. The number of hydrogen-bond donors (Lipinski definition) is 0. The first-order valence-electron chi connectivity index (χ1n) is 8.60. The molecule has 0 aliphatic carbocycles. The minimum Gasteiger partial charge on any atom is -0.495 e. The molecule has 0 fully saturated rings. The van der Waals surface area contributed by atoms with Crippen molar-refractivity contribution >= 4 is 33.3 Å². The van der Waals surface area contributed by atoms with E-state index in [0.29, 0.717) is 25.2 Å². The van der Waals surface area contributed by atoms with E-state index in [-0.39, 0.29) is 33.5 Å². The molecule has 1 aliphatic rings. The van der Waals surface area contributed by atoms with Crippen LogP contribution in [0, 0.1) is 0 Å². The van der Waals surface area contributed by atoms with E-state index in [1.807, 2.05) is 0 Å². The van der Waals surface area contributed by atoms with Crippen LogP contribution in [-0.2, 0) is 14.8 Å². The van der Waals surface area contributed by atoms with Crippen LogP contribution in [-0.4, -0.2) is 41.8 Å². The first-order valence-corrected chi connectivity index (χ1v) is 10.4. The number of carbonyl (C=O) groups is 1. The topological polar surface area (TPSA) is 82.1 Å². The standard InChI is InChI=1S/C19H20ClNO6S/c1-25-17-8-6-14(20)12-18(17)28(23,24)21-9-3-4-10-27-16-7-5-13(11-15(16)21)19(22)26-2/h5-8,11-12H,3-4,9-10H2,1-2H3. The van der Waals surface area contributed by atoms with E-state index < -0.39 is 16.0 Å². The molecule has 28 heavy (non-hydrogen) atoms. The molecular formula is C19H20ClNO6S. The lowest BCUT2D eigenvalue weighted by molar-refractivity contribution is 0.0600. The molecule has 1 heterocycles. The predicted molar refractivity (Wildman–Crippen MR) is 105 cm³/mol. The Morgan fingerprint density at radius 1 is 1.14 bits per heavy atom. The van der Waals surface area contributed by atoms with Crippen LogP contribution in [0.4, 0.5) is 5.69 Å². The molecule has 2 aromatic carbocycles. The number of hydrogen-bond acceptors (Lipinski definition) is 6. The number of fused-ring (bicyclic) bond motifs is 1. The molecule has 0 unspecified atom stereocenters. The summed E-state index contributed by atoms with van der Waals surface area (Å²) in [7, 11) is -1.38. The number of halogens is 1. The van der Waals surface area contributed by atoms with Gasteiger partial charge >= 0.3 is 5.97 Å². The van der Waals surface area contributed by atoms with Crippen LogP contribution in [0.25, 0.3) is 0 Å². The molecule has 2 aromatic rings. The third kappa shape index (κ3) is 3.88. The normalized spacial score (nSPS) is 14.3. The predicted octanol–water partition coefficient (Wildman–Crippen LogP) is 3.50. The van der Waals surface area contributed by atoms with Gasteiger partial charge in [-0.1, -0.05) is 11.6 Å². The van der Waals surface area contributed by atoms with Gasteiger partial charge in [0.25, 0.3) is 10.0 Å². The number of carbonyl (C=O) groups excluding carboxylic acids is 1. The number of rotatable bonds is 4. The van der Waals surface area contributed by atoms with Gasteiger partial charge in [-0.15, -0.1) is 0 Å². The van der Waals surface area contributed by atoms with Gasteiger partial charge in [0.15, 0.2) is 0 Å². The van der Waals surface area contributed by atoms with Crippen LogP contribution in [0.3, 0.4) is 0 Å². The lowest BCUT2D eigenvalue weighted by Gasteiger charge is -2.29. The van der Waals surface area contributed by atoms with Crippen LogP contribution in [0.1, 0.15) is 23.2 Å². The van der Waals surface area contributed by atoms with Gasteiger partial charge in [-0.25, -0.2) is 13.2 Å². The molecule has 0 bridgehead atoms. The number of anilines is 1. The van der Waals surface area contributed by atoms with Crippen molar-refractivity contribution in [2.75, 3.05) is 31.7 Å². The van der Waals surface area contributed by atoms with Crippen molar-refractivity contribution in [2.45, 2.75) is 17.7 Å². The van der Waals surface area contributed by atoms with Gasteiger partial charge in [0.05, 0.1) is 32.1 Å². The second kappa shape index (κ2) is 8.28. The SMILES string of the molecule is COC(=O)c1ccc2c(c1)N(S(=O)(=O)c1cc(Cl)ccc1OC)CCCCO2. The van der Waals surface area contributed by atoms with E-state index in [4.69, 9.17) is 25.8 Å². The van der Waals surface area contributed by atoms with Gasteiger partial charge in [-0.05, 0) is 49.2 Å². The first kappa shape index (κ1) is 20.3. The van der Waals surface area contributed by atoms with Crippen molar-refractivity contribution < 1.29 is 27.4 Å². The van der Waals surface area contributed by atoms with Crippen LogP contribution < -0.4 is 13.8 Å². The summed E-state index contributed by atoms with van der Waals surface area (Å²) in [6.07, 6.45) is 1.28. The molecule has 0 aromatic heterocycles. The summed E-state index contributed by atoms with van der Waals surface area (Å²) < 4.78 is 44.0. The average molecular weight is 426 g/mol. The summed E-state index contributed by atoms with van der Waals surface area (Å²) in [5, 5.41) is 0.270. The molecule has 7 nitrogen and oxygen atoms in total. The van der Waals surface area contributed by atoms with Crippen LogP contribution in [0.2, 0.25) is 5.02 Å². The van der Waals surface area contributed by atoms with Crippen molar-refractivity contribution in [1.29, 1.82) is 0 Å². The van der Waals surface area contributed by atoms with E-state index in [1.54, 1.807) is 12.1 Å². The van der Waals surface area contributed by atoms with Gasteiger partial charge in [0.2, 0.25) is 0 Å². The average Bonchev–Trinajstić information content (AvgIpc) is 2.67. The Morgan fingerprint density at radius 2 is 1.93 bits per heavy atom. The molecule has 0 atom stereocenters. The molecule has 0 amide bonds. The highest BCUT2D eigenvalue weighted by molar-refractivity contribution is 7.93. The summed E-state index contributed by atoms with van der Waals surface area (Å²) in [6.45, 7) is 0.679. The Balaban J connectivity index is 2.18. The maximum atomic E-state index is 13.5. The highest BCUT2D eigenvalue weighted by Gasteiger charge is 2.31. The fraction of sp³-hybridized carbons (Fsp3) is 0.316. The number of benzene rings is 2. The highest BCUT2D eigenvalue weighted by Crippen LogP contribution is 2.38. The molecule has 9 heteroatoms. The Kier molecular flexibility index (Phi) is 6.00. The third-order valence-electron chi connectivity index (χ3n) is 4.36. The molecular weight excluding hydrogens is 406 g/mol. The van der Waals surface area contributed by atoms with Crippen molar-refractivity contribution in [1.82, 2.24) is 0 Å². The molecule has 0 saturated heterocycles. The quantitative estimate of drug-likeness (QED) is 0.697. The molecule has 3 rings (SSSR count). The van der Waals surface area contributed by atoms with E-state index >= 15 is 0 Å². The Bertz CT molecular complexity index is 992. The molecule has 0 radical (unpaired) electrons. The summed E-state index contributed by atoms with van der Waals surface area (Å²) >= 11 is 6.04.